The van der Waals surface area contributed by atoms with E-state index >= 15 is 0 Å². The number of hydrogen-bond acceptors (Lipinski definition) is 9. The first-order valence-electron chi connectivity index (χ1n) is 9.19. The lowest BCUT2D eigenvalue weighted by Crippen LogP contribution is -2.28. The Morgan fingerprint density at radius 2 is 2.10 bits per heavy atom. The molecule has 0 bridgehead atoms. The summed E-state index contributed by atoms with van der Waals surface area (Å²) in [6, 6.07) is 0. The highest BCUT2D eigenvalue weighted by molar-refractivity contribution is 5.71. The van der Waals surface area contributed by atoms with Crippen LogP contribution in [0.2, 0.25) is 0 Å². The number of esters is 2. The lowest BCUT2D eigenvalue weighted by atomic mass is 10.2. The minimum absolute atomic E-state index is 0.102. The van der Waals surface area contributed by atoms with E-state index in [1.807, 2.05) is 0 Å². The molecule has 2 N–H and O–H groups in total. The molecule has 156 valence electrons. The first kappa shape index (κ1) is 20.7. The zero-order chi connectivity index (χ0) is 20.8. The SMILES string of the molecule is C=COC(=O)CCCCC(=O)OC[C@H]1O[C@@H](n2cnc3c(=O)[nH]cnc32)C[C@@H]1O. The van der Waals surface area contributed by atoms with Crippen LogP contribution >= 0.6 is 0 Å². The van der Waals surface area contributed by atoms with Crippen molar-refractivity contribution < 1.29 is 28.9 Å². The summed E-state index contributed by atoms with van der Waals surface area (Å²) >= 11 is 0. The van der Waals surface area contributed by atoms with Crippen LogP contribution in [0.4, 0.5) is 0 Å². The molecule has 3 atom stereocenters. The number of rotatable bonds is 9. The zero-order valence-electron chi connectivity index (χ0n) is 15.7. The van der Waals surface area contributed by atoms with Gasteiger partial charge in [0.1, 0.15) is 18.9 Å². The number of unbranched alkanes of at least 4 members (excludes halogenated alkanes) is 1. The molecular formula is C18H22N4O7. The number of nitrogens with one attached hydrogen (secondary N) is 1. The Balaban J connectivity index is 1.46. The second-order valence-electron chi connectivity index (χ2n) is 6.53. The second-order valence-corrected chi connectivity index (χ2v) is 6.53. The van der Waals surface area contributed by atoms with Crippen LogP contribution in [0.3, 0.4) is 0 Å². The van der Waals surface area contributed by atoms with Crippen LogP contribution in [0.25, 0.3) is 11.2 Å². The van der Waals surface area contributed by atoms with E-state index in [1.165, 1.54) is 12.7 Å². The van der Waals surface area contributed by atoms with Crippen molar-refractivity contribution in [1.82, 2.24) is 19.5 Å². The second kappa shape index (κ2) is 9.43. The zero-order valence-corrected chi connectivity index (χ0v) is 15.7. The minimum atomic E-state index is -0.846. The molecule has 3 rings (SSSR count). The predicted molar refractivity (Wildman–Crippen MR) is 98.4 cm³/mol. The normalized spacial score (nSPS) is 21.2. The monoisotopic (exact) mass is 406 g/mol. The summed E-state index contributed by atoms with van der Waals surface area (Å²) in [7, 11) is 0. The predicted octanol–water partition coefficient (Wildman–Crippen LogP) is 0.558. The molecule has 1 aliphatic rings. The Kier molecular flexibility index (Phi) is 6.73. The molecule has 11 nitrogen and oxygen atoms in total. The van der Waals surface area contributed by atoms with E-state index < -0.39 is 30.4 Å². The Morgan fingerprint density at radius 3 is 2.86 bits per heavy atom. The van der Waals surface area contributed by atoms with Gasteiger partial charge in [0, 0.05) is 19.3 Å². The van der Waals surface area contributed by atoms with Crippen molar-refractivity contribution in [2.24, 2.45) is 0 Å². The molecule has 0 amide bonds. The Morgan fingerprint density at radius 1 is 1.34 bits per heavy atom. The molecule has 0 aliphatic carbocycles. The maximum atomic E-state index is 11.8. The van der Waals surface area contributed by atoms with E-state index in [1.54, 1.807) is 4.57 Å². The number of fused-ring (bicyclic) bond motifs is 1. The molecule has 1 fully saturated rings. The fourth-order valence-electron chi connectivity index (χ4n) is 3.05. The van der Waals surface area contributed by atoms with Crippen molar-refractivity contribution in [1.29, 1.82) is 0 Å². The highest BCUT2D eigenvalue weighted by atomic mass is 16.6. The third-order valence-corrected chi connectivity index (χ3v) is 4.51. The fraction of sp³-hybridized carbons (Fsp3) is 0.500. The van der Waals surface area contributed by atoms with Crippen LogP contribution in [-0.2, 0) is 23.8 Å². The van der Waals surface area contributed by atoms with Crippen LogP contribution < -0.4 is 5.56 Å². The van der Waals surface area contributed by atoms with Crippen molar-refractivity contribution in [3.05, 3.63) is 35.8 Å². The van der Waals surface area contributed by atoms with Gasteiger partial charge >= 0.3 is 11.9 Å². The Labute approximate surface area is 165 Å². The summed E-state index contributed by atoms with van der Waals surface area (Å²) in [6.07, 6.45) is 3.19. The van der Waals surface area contributed by atoms with E-state index in [0.29, 0.717) is 18.5 Å². The van der Waals surface area contributed by atoms with E-state index in [4.69, 9.17) is 9.47 Å². The average Bonchev–Trinajstić information content (AvgIpc) is 3.28. The summed E-state index contributed by atoms with van der Waals surface area (Å²) in [6.45, 7) is 3.19. The van der Waals surface area contributed by atoms with Crippen molar-refractivity contribution in [3.63, 3.8) is 0 Å². The van der Waals surface area contributed by atoms with Crippen LogP contribution in [0.5, 0.6) is 0 Å². The van der Waals surface area contributed by atoms with Crippen molar-refractivity contribution in [2.75, 3.05) is 6.61 Å². The number of carbonyl (C=O) groups excluding carboxylic acids is 2. The van der Waals surface area contributed by atoms with Crippen LogP contribution in [0.15, 0.2) is 30.3 Å². The van der Waals surface area contributed by atoms with Crippen LogP contribution in [0.1, 0.15) is 38.3 Å². The number of nitrogens with zero attached hydrogens (tertiary/aromatic N) is 3. The van der Waals surface area contributed by atoms with Crippen molar-refractivity contribution >= 4 is 23.1 Å². The number of ether oxygens (including phenoxy) is 3. The molecule has 11 heteroatoms. The third-order valence-electron chi connectivity index (χ3n) is 4.51. The molecule has 0 aromatic carbocycles. The number of aromatic amines is 1. The molecule has 2 aromatic heterocycles. The number of hydrogen-bond donors (Lipinski definition) is 2. The highest BCUT2D eigenvalue weighted by Gasteiger charge is 2.36. The molecule has 1 saturated heterocycles. The van der Waals surface area contributed by atoms with E-state index in [9.17, 15) is 19.5 Å². The molecule has 0 spiro atoms. The lowest BCUT2D eigenvalue weighted by molar-refractivity contribution is -0.150. The maximum Gasteiger partial charge on any atom is 0.310 e. The Hall–Kier alpha value is -3.05. The molecule has 0 unspecified atom stereocenters. The van der Waals surface area contributed by atoms with Gasteiger partial charge in [-0.05, 0) is 12.8 Å². The van der Waals surface area contributed by atoms with Gasteiger partial charge in [0.25, 0.3) is 5.56 Å². The largest absolute Gasteiger partial charge is 0.463 e. The first-order chi connectivity index (χ1) is 14.0. The van der Waals surface area contributed by atoms with Crippen molar-refractivity contribution in [2.45, 2.75) is 50.5 Å². The van der Waals surface area contributed by atoms with E-state index in [0.717, 1.165) is 6.26 Å². The van der Waals surface area contributed by atoms with Crippen LogP contribution in [-0.4, -0.2) is 55.4 Å². The smallest absolute Gasteiger partial charge is 0.310 e. The standard InChI is InChI=1S/C18H22N4O7/c1-2-27-14(24)5-3-4-6-15(25)28-8-12-11(23)7-13(29-12)22-10-21-16-17(22)19-9-20-18(16)26/h2,9-13,23H,1,3-8H2,(H,19,20,26)/t11-,12+,13+/m0/s1. The summed E-state index contributed by atoms with van der Waals surface area (Å²) < 4.78 is 17.1. The summed E-state index contributed by atoms with van der Waals surface area (Å²) in [5.74, 6) is -0.840. The molecular weight excluding hydrogens is 384 g/mol. The molecule has 3 heterocycles. The van der Waals surface area contributed by atoms with Gasteiger partial charge in [0.2, 0.25) is 0 Å². The number of imidazole rings is 1. The number of aliphatic hydroxyl groups excluding tert-OH is 1. The topological polar surface area (TPSA) is 146 Å². The molecule has 0 saturated carbocycles. The molecule has 1 aliphatic heterocycles. The average molecular weight is 406 g/mol. The van der Waals surface area contributed by atoms with Gasteiger partial charge in [-0.15, -0.1) is 0 Å². The summed E-state index contributed by atoms with van der Waals surface area (Å²) in [5, 5.41) is 10.2. The number of carbonyl (C=O) groups is 2. The number of aliphatic hydroxyl groups is 1. The number of H-pyrrole nitrogens is 1. The molecule has 29 heavy (non-hydrogen) atoms. The maximum absolute atomic E-state index is 11.8. The van der Waals surface area contributed by atoms with Gasteiger partial charge in [-0.2, -0.15) is 0 Å². The summed E-state index contributed by atoms with van der Waals surface area (Å²) in [4.78, 5) is 45.3. The Bertz CT molecular complexity index is 938. The molecule has 0 radical (unpaired) electrons. The molecule has 2 aromatic rings. The highest BCUT2D eigenvalue weighted by Crippen LogP contribution is 2.30. The van der Waals surface area contributed by atoms with Gasteiger partial charge in [0.05, 0.1) is 25.0 Å². The van der Waals surface area contributed by atoms with Gasteiger partial charge in [0.15, 0.2) is 11.2 Å². The van der Waals surface area contributed by atoms with Gasteiger partial charge < -0.3 is 24.3 Å². The van der Waals surface area contributed by atoms with Crippen LogP contribution in [0, 0.1) is 0 Å². The van der Waals surface area contributed by atoms with Gasteiger partial charge in [-0.3, -0.25) is 19.0 Å². The van der Waals surface area contributed by atoms with Crippen molar-refractivity contribution in [3.8, 4) is 0 Å². The number of aromatic nitrogens is 4. The van der Waals surface area contributed by atoms with E-state index in [2.05, 4.69) is 26.3 Å². The van der Waals surface area contributed by atoms with E-state index in [-0.39, 0.29) is 36.9 Å². The quantitative estimate of drug-likeness (QED) is 0.346. The summed E-state index contributed by atoms with van der Waals surface area (Å²) in [5.41, 5.74) is 0.159. The van der Waals surface area contributed by atoms with Gasteiger partial charge in [-0.25, -0.2) is 9.97 Å². The minimum Gasteiger partial charge on any atom is -0.463 e. The third kappa shape index (κ3) is 5.06. The van der Waals surface area contributed by atoms with Gasteiger partial charge in [-0.1, -0.05) is 6.58 Å². The fourth-order valence-corrected chi connectivity index (χ4v) is 3.05. The first-order valence-corrected chi connectivity index (χ1v) is 9.19. The lowest BCUT2D eigenvalue weighted by Gasteiger charge is -2.15.